The van der Waals surface area contributed by atoms with Crippen LogP contribution < -0.4 is 5.32 Å². The predicted molar refractivity (Wildman–Crippen MR) is 71.8 cm³/mol. The summed E-state index contributed by atoms with van der Waals surface area (Å²) in [5, 5.41) is 20.2. The Labute approximate surface area is 119 Å². The maximum absolute atomic E-state index is 13.6. The molecule has 2 aromatic rings. The molecule has 0 aliphatic rings. The number of nitriles is 1. The zero-order valence-electron chi connectivity index (χ0n) is 10.7. The Balaban J connectivity index is 2.17. The number of carboxylic acids is 1. The van der Waals surface area contributed by atoms with Gasteiger partial charge in [-0.1, -0.05) is 12.1 Å². The molecular formula is C15H10F2N2O2. The zero-order chi connectivity index (χ0) is 15.4. The molecule has 4 nitrogen and oxygen atoms in total. The first-order valence-corrected chi connectivity index (χ1v) is 5.96. The highest BCUT2D eigenvalue weighted by atomic mass is 19.1. The Bertz CT molecular complexity index is 722. The summed E-state index contributed by atoms with van der Waals surface area (Å²) in [6.07, 6.45) is 0. The number of anilines is 1. The van der Waals surface area contributed by atoms with Crippen molar-refractivity contribution in [3.8, 4) is 6.07 Å². The minimum absolute atomic E-state index is 0.0989. The van der Waals surface area contributed by atoms with Gasteiger partial charge in [0.05, 0.1) is 22.9 Å². The fourth-order valence-electron chi connectivity index (χ4n) is 1.74. The smallest absolute Gasteiger partial charge is 0.338 e. The van der Waals surface area contributed by atoms with Crippen LogP contribution >= 0.6 is 0 Å². The van der Waals surface area contributed by atoms with Crippen molar-refractivity contribution in [2.24, 2.45) is 0 Å². The summed E-state index contributed by atoms with van der Waals surface area (Å²) in [6.45, 7) is 0.216. The van der Waals surface area contributed by atoms with Gasteiger partial charge in [-0.2, -0.15) is 5.26 Å². The molecule has 0 heterocycles. The number of benzene rings is 2. The van der Waals surface area contributed by atoms with Crippen molar-refractivity contribution in [3.63, 3.8) is 0 Å². The van der Waals surface area contributed by atoms with Gasteiger partial charge in [0.25, 0.3) is 0 Å². The number of nitrogens with one attached hydrogen (secondary N) is 1. The Hall–Kier alpha value is -2.94. The van der Waals surface area contributed by atoms with Crippen molar-refractivity contribution in [2.45, 2.75) is 6.54 Å². The second-order valence-corrected chi connectivity index (χ2v) is 4.28. The number of hydrogen-bond acceptors (Lipinski definition) is 3. The van der Waals surface area contributed by atoms with Crippen molar-refractivity contribution in [2.75, 3.05) is 5.32 Å². The summed E-state index contributed by atoms with van der Waals surface area (Å²) >= 11 is 0. The number of rotatable bonds is 4. The van der Waals surface area contributed by atoms with Crippen molar-refractivity contribution in [1.82, 2.24) is 0 Å². The third-order valence-electron chi connectivity index (χ3n) is 2.85. The predicted octanol–water partition coefficient (Wildman–Crippen LogP) is 3.15. The average Bonchev–Trinajstić information content (AvgIpc) is 2.46. The van der Waals surface area contributed by atoms with E-state index in [-0.39, 0.29) is 12.2 Å². The van der Waals surface area contributed by atoms with E-state index in [2.05, 4.69) is 5.32 Å². The van der Waals surface area contributed by atoms with E-state index < -0.39 is 23.2 Å². The van der Waals surface area contributed by atoms with Gasteiger partial charge < -0.3 is 10.4 Å². The van der Waals surface area contributed by atoms with Crippen LogP contribution in [0.15, 0.2) is 36.4 Å². The standard InChI is InChI=1S/C15H10F2N2O2/c16-12-6-13(17)14(5-11(12)15(20)21)19-8-10-3-1-9(7-18)2-4-10/h1-6,19H,8H2,(H,20,21). The molecule has 0 amide bonds. The summed E-state index contributed by atoms with van der Waals surface area (Å²) in [5.41, 5.74) is 0.575. The first kappa shape index (κ1) is 14.5. The lowest BCUT2D eigenvalue weighted by molar-refractivity contribution is 0.0692. The van der Waals surface area contributed by atoms with Crippen molar-refractivity contribution >= 4 is 11.7 Å². The molecule has 0 fully saturated rings. The van der Waals surface area contributed by atoms with Crippen LogP contribution in [0.5, 0.6) is 0 Å². The van der Waals surface area contributed by atoms with Crippen LogP contribution in [0.25, 0.3) is 0 Å². The maximum atomic E-state index is 13.6. The summed E-state index contributed by atoms with van der Waals surface area (Å²) in [5.74, 6) is -3.45. The van der Waals surface area contributed by atoms with Gasteiger partial charge in [0.15, 0.2) is 0 Å². The quantitative estimate of drug-likeness (QED) is 0.906. The van der Waals surface area contributed by atoms with Crippen LogP contribution in [-0.2, 0) is 6.54 Å². The summed E-state index contributed by atoms with van der Waals surface area (Å²) < 4.78 is 26.8. The molecule has 2 N–H and O–H groups in total. The highest BCUT2D eigenvalue weighted by Gasteiger charge is 2.14. The van der Waals surface area contributed by atoms with E-state index in [4.69, 9.17) is 10.4 Å². The molecule has 2 aromatic carbocycles. The van der Waals surface area contributed by atoms with Crippen molar-refractivity contribution in [1.29, 1.82) is 5.26 Å². The normalized spacial score (nSPS) is 9.95. The van der Waals surface area contributed by atoms with Crippen molar-refractivity contribution < 1.29 is 18.7 Å². The molecule has 0 bridgehead atoms. The fourth-order valence-corrected chi connectivity index (χ4v) is 1.74. The Morgan fingerprint density at radius 3 is 2.43 bits per heavy atom. The molecule has 0 radical (unpaired) electrons. The molecule has 21 heavy (non-hydrogen) atoms. The van der Waals surface area contributed by atoms with Gasteiger partial charge in [-0.05, 0) is 23.8 Å². The average molecular weight is 288 g/mol. The molecule has 0 aliphatic heterocycles. The van der Waals surface area contributed by atoms with E-state index in [1.807, 2.05) is 6.07 Å². The van der Waals surface area contributed by atoms with E-state index in [9.17, 15) is 13.6 Å². The number of nitrogens with zero attached hydrogens (tertiary/aromatic N) is 1. The van der Waals surface area contributed by atoms with Crippen molar-refractivity contribution in [3.05, 3.63) is 64.7 Å². The van der Waals surface area contributed by atoms with Crippen LogP contribution in [0.1, 0.15) is 21.5 Å². The molecule has 0 saturated heterocycles. The van der Waals surface area contributed by atoms with Crippen LogP contribution in [-0.4, -0.2) is 11.1 Å². The number of carbonyl (C=O) groups is 1. The molecular weight excluding hydrogens is 278 g/mol. The first-order chi connectivity index (χ1) is 10.0. The topological polar surface area (TPSA) is 73.1 Å². The fraction of sp³-hybridized carbons (Fsp3) is 0.0667. The number of carboxylic acid groups (broad SMARTS) is 1. The van der Waals surface area contributed by atoms with E-state index >= 15 is 0 Å². The van der Waals surface area contributed by atoms with Crippen LogP contribution in [0.3, 0.4) is 0 Å². The maximum Gasteiger partial charge on any atom is 0.338 e. The molecule has 0 unspecified atom stereocenters. The van der Waals surface area contributed by atoms with Gasteiger partial charge in [0, 0.05) is 12.6 Å². The van der Waals surface area contributed by atoms with E-state index in [0.717, 1.165) is 11.6 Å². The number of aromatic carboxylic acids is 1. The van der Waals surface area contributed by atoms with E-state index in [0.29, 0.717) is 11.6 Å². The summed E-state index contributed by atoms with van der Waals surface area (Å²) in [7, 11) is 0. The molecule has 0 spiro atoms. The molecule has 0 aromatic heterocycles. The van der Waals surface area contributed by atoms with E-state index in [1.165, 1.54) is 0 Å². The lowest BCUT2D eigenvalue weighted by Crippen LogP contribution is -2.06. The summed E-state index contributed by atoms with van der Waals surface area (Å²) in [6, 6.07) is 10.0. The molecule has 0 saturated carbocycles. The van der Waals surface area contributed by atoms with Gasteiger partial charge in [-0.25, -0.2) is 13.6 Å². The highest BCUT2D eigenvalue weighted by molar-refractivity contribution is 5.89. The Morgan fingerprint density at radius 2 is 1.86 bits per heavy atom. The second-order valence-electron chi connectivity index (χ2n) is 4.28. The van der Waals surface area contributed by atoms with Crippen LogP contribution in [0.2, 0.25) is 0 Å². The van der Waals surface area contributed by atoms with Gasteiger partial charge >= 0.3 is 5.97 Å². The minimum Gasteiger partial charge on any atom is -0.478 e. The number of halogens is 2. The van der Waals surface area contributed by atoms with Gasteiger partial charge in [0.1, 0.15) is 11.6 Å². The molecule has 6 heteroatoms. The number of hydrogen-bond donors (Lipinski definition) is 2. The zero-order valence-corrected chi connectivity index (χ0v) is 10.7. The van der Waals surface area contributed by atoms with Gasteiger partial charge in [-0.3, -0.25) is 0 Å². The third-order valence-corrected chi connectivity index (χ3v) is 2.85. The largest absolute Gasteiger partial charge is 0.478 e. The van der Waals surface area contributed by atoms with Crippen LogP contribution in [0, 0.1) is 23.0 Å². The van der Waals surface area contributed by atoms with Gasteiger partial charge in [0.2, 0.25) is 0 Å². The van der Waals surface area contributed by atoms with E-state index in [1.54, 1.807) is 24.3 Å². The second kappa shape index (κ2) is 6.01. The Kier molecular flexibility index (Phi) is 4.14. The Morgan fingerprint density at radius 1 is 1.19 bits per heavy atom. The highest BCUT2D eigenvalue weighted by Crippen LogP contribution is 2.20. The minimum atomic E-state index is -1.46. The lowest BCUT2D eigenvalue weighted by atomic mass is 10.1. The molecule has 0 aliphatic carbocycles. The molecule has 2 rings (SSSR count). The lowest BCUT2D eigenvalue weighted by Gasteiger charge is -2.09. The third kappa shape index (κ3) is 3.34. The molecule has 0 atom stereocenters. The summed E-state index contributed by atoms with van der Waals surface area (Å²) in [4.78, 5) is 10.8. The molecule has 106 valence electrons. The first-order valence-electron chi connectivity index (χ1n) is 5.96. The van der Waals surface area contributed by atoms with Gasteiger partial charge in [-0.15, -0.1) is 0 Å². The monoisotopic (exact) mass is 288 g/mol. The van der Waals surface area contributed by atoms with Crippen LogP contribution in [0.4, 0.5) is 14.5 Å². The SMILES string of the molecule is N#Cc1ccc(CNc2cc(C(=O)O)c(F)cc2F)cc1.